The molecule has 5 rings (SSSR count). The third-order valence-electron chi connectivity index (χ3n) is 5.45. The number of aromatic nitrogens is 1. The zero-order valence-electron chi connectivity index (χ0n) is 17.2. The number of ether oxygens (including phenoxy) is 2. The second-order valence-electron chi connectivity index (χ2n) is 7.68. The first-order chi connectivity index (χ1) is 15.0. The lowest BCUT2D eigenvalue weighted by molar-refractivity contribution is 0.101. The Labute approximate surface area is 185 Å². The standard InChI is InChI=1S/C26H20ClNO3/c1-16-10-20(30-15-17-6-5-7-19(27)11-17)13-23-25(16)26(29)24(31-23)12-18-14-28(2)22-9-4-3-8-21(18)22/h3-14H,15H2,1-2H3/b24-12-. The van der Waals surface area contributed by atoms with Crippen LogP contribution in [0.3, 0.4) is 0 Å². The highest BCUT2D eigenvalue weighted by Crippen LogP contribution is 2.38. The molecule has 0 aliphatic carbocycles. The average molecular weight is 430 g/mol. The van der Waals surface area contributed by atoms with Gasteiger partial charge in [-0.2, -0.15) is 0 Å². The molecule has 1 aliphatic heterocycles. The number of benzene rings is 3. The predicted octanol–water partition coefficient (Wildman–Crippen LogP) is 6.34. The number of fused-ring (bicyclic) bond motifs is 2. The fraction of sp³-hybridized carbons (Fsp3) is 0.115. The molecule has 0 radical (unpaired) electrons. The third kappa shape index (κ3) is 3.60. The Kier molecular flexibility index (Phi) is 4.79. The van der Waals surface area contributed by atoms with Crippen molar-refractivity contribution in [3.8, 4) is 11.5 Å². The Morgan fingerprint density at radius 2 is 1.94 bits per heavy atom. The van der Waals surface area contributed by atoms with Crippen LogP contribution in [-0.4, -0.2) is 10.4 Å². The number of carbonyl (C=O) groups excluding carboxylic acids is 1. The van der Waals surface area contributed by atoms with Gasteiger partial charge in [-0.25, -0.2) is 0 Å². The molecule has 154 valence electrons. The minimum absolute atomic E-state index is 0.109. The number of allylic oxidation sites excluding steroid dienone is 1. The van der Waals surface area contributed by atoms with E-state index in [0.717, 1.165) is 27.6 Å². The molecule has 5 heteroatoms. The predicted molar refractivity (Wildman–Crippen MR) is 123 cm³/mol. The SMILES string of the molecule is Cc1cc(OCc2cccc(Cl)c2)cc2c1C(=O)/C(=C/c1cn(C)c3ccccc13)O2. The van der Waals surface area contributed by atoms with Crippen molar-refractivity contribution in [3.05, 3.63) is 99.9 Å². The lowest BCUT2D eigenvalue weighted by atomic mass is 10.0. The Bertz CT molecular complexity index is 1370. The van der Waals surface area contributed by atoms with E-state index in [1.54, 1.807) is 6.07 Å². The van der Waals surface area contributed by atoms with Crippen LogP contribution in [0, 0.1) is 6.92 Å². The molecule has 0 atom stereocenters. The normalized spacial score (nSPS) is 14.2. The third-order valence-corrected chi connectivity index (χ3v) is 5.69. The molecular weight excluding hydrogens is 410 g/mol. The van der Waals surface area contributed by atoms with Crippen LogP contribution in [0.25, 0.3) is 17.0 Å². The monoisotopic (exact) mass is 429 g/mol. The molecule has 0 spiro atoms. The van der Waals surface area contributed by atoms with Crippen molar-refractivity contribution in [1.29, 1.82) is 0 Å². The lowest BCUT2D eigenvalue weighted by Gasteiger charge is -2.09. The molecule has 4 aromatic rings. The molecule has 1 aliphatic rings. The number of hydrogen-bond donors (Lipinski definition) is 0. The topological polar surface area (TPSA) is 40.5 Å². The van der Waals surface area contributed by atoms with Gasteiger partial charge in [0.1, 0.15) is 18.1 Å². The Hall–Kier alpha value is -3.50. The molecule has 0 amide bonds. The second kappa shape index (κ2) is 7.64. The first-order valence-electron chi connectivity index (χ1n) is 10.00. The highest BCUT2D eigenvalue weighted by molar-refractivity contribution is 6.30. The number of halogens is 1. The van der Waals surface area contributed by atoms with Crippen LogP contribution in [0.4, 0.5) is 0 Å². The van der Waals surface area contributed by atoms with E-state index in [4.69, 9.17) is 21.1 Å². The van der Waals surface area contributed by atoms with Gasteiger partial charge < -0.3 is 14.0 Å². The van der Waals surface area contributed by atoms with E-state index in [0.29, 0.717) is 34.5 Å². The van der Waals surface area contributed by atoms with E-state index < -0.39 is 0 Å². The highest BCUT2D eigenvalue weighted by Gasteiger charge is 2.30. The van der Waals surface area contributed by atoms with E-state index in [-0.39, 0.29) is 5.78 Å². The molecule has 3 aromatic carbocycles. The minimum Gasteiger partial charge on any atom is -0.489 e. The van der Waals surface area contributed by atoms with Gasteiger partial charge in [0.15, 0.2) is 5.76 Å². The number of hydrogen-bond acceptors (Lipinski definition) is 3. The Morgan fingerprint density at radius 1 is 1.10 bits per heavy atom. The summed E-state index contributed by atoms with van der Waals surface area (Å²) in [5.74, 6) is 1.39. The van der Waals surface area contributed by atoms with Crippen molar-refractivity contribution in [2.75, 3.05) is 0 Å². The molecule has 1 aromatic heterocycles. The van der Waals surface area contributed by atoms with E-state index in [2.05, 4.69) is 6.07 Å². The lowest BCUT2D eigenvalue weighted by Crippen LogP contribution is -2.00. The number of rotatable bonds is 4. The van der Waals surface area contributed by atoms with Crippen molar-refractivity contribution in [2.45, 2.75) is 13.5 Å². The smallest absolute Gasteiger partial charge is 0.232 e. The fourth-order valence-electron chi connectivity index (χ4n) is 3.98. The molecule has 4 nitrogen and oxygen atoms in total. The summed E-state index contributed by atoms with van der Waals surface area (Å²) in [7, 11) is 1.99. The maximum Gasteiger partial charge on any atom is 0.232 e. The van der Waals surface area contributed by atoms with Crippen molar-refractivity contribution in [2.24, 2.45) is 7.05 Å². The molecule has 0 fully saturated rings. The maximum atomic E-state index is 13.0. The van der Waals surface area contributed by atoms with Crippen LogP contribution in [-0.2, 0) is 13.7 Å². The highest BCUT2D eigenvalue weighted by atomic mass is 35.5. The van der Waals surface area contributed by atoms with Crippen molar-refractivity contribution in [3.63, 3.8) is 0 Å². The molecule has 0 unspecified atom stereocenters. The van der Waals surface area contributed by atoms with Gasteiger partial charge in [0.05, 0.1) is 5.56 Å². The van der Waals surface area contributed by atoms with Crippen molar-refractivity contribution >= 4 is 34.4 Å². The van der Waals surface area contributed by atoms with E-state index >= 15 is 0 Å². The summed E-state index contributed by atoms with van der Waals surface area (Å²) in [5, 5.41) is 1.75. The molecular formula is C26H20ClNO3. The molecule has 0 N–H and O–H groups in total. The zero-order chi connectivity index (χ0) is 21.5. The summed E-state index contributed by atoms with van der Waals surface area (Å²) in [6.45, 7) is 2.28. The van der Waals surface area contributed by atoms with Gasteiger partial charge in [-0.15, -0.1) is 0 Å². The molecule has 0 saturated carbocycles. The van der Waals surface area contributed by atoms with E-state index in [9.17, 15) is 4.79 Å². The first kappa shape index (κ1) is 19.5. The van der Waals surface area contributed by atoms with Crippen LogP contribution in [0.15, 0.2) is 72.6 Å². The van der Waals surface area contributed by atoms with Crippen LogP contribution in [0.2, 0.25) is 5.02 Å². The van der Waals surface area contributed by atoms with Gasteiger partial charge in [-0.1, -0.05) is 41.9 Å². The number of nitrogens with zero attached hydrogens (tertiary/aromatic N) is 1. The van der Waals surface area contributed by atoms with E-state index in [1.165, 1.54) is 0 Å². The van der Waals surface area contributed by atoms with Gasteiger partial charge in [0.2, 0.25) is 5.78 Å². The summed E-state index contributed by atoms with van der Waals surface area (Å²) >= 11 is 6.04. The van der Waals surface area contributed by atoms with Gasteiger partial charge in [0, 0.05) is 40.8 Å². The van der Waals surface area contributed by atoms with Gasteiger partial charge >= 0.3 is 0 Å². The van der Waals surface area contributed by atoms with Gasteiger partial charge in [0.25, 0.3) is 0 Å². The fourth-order valence-corrected chi connectivity index (χ4v) is 4.20. The summed E-state index contributed by atoms with van der Waals surface area (Å²) in [4.78, 5) is 13.0. The maximum absolute atomic E-state index is 13.0. The average Bonchev–Trinajstić information content (AvgIpc) is 3.24. The summed E-state index contributed by atoms with van der Waals surface area (Å²) in [6.07, 6.45) is 3.82. The summed E-state index contributed by atoms with van der Waals surface area (Å²) in [5.41, 5.74) is 4.43. The van der Waals surface area contributed by atoms with E-state index in [1.807, 2.05) is 79.3 Å². The number of ketones is 1. The number of carbonyl (C=O) groups is 1. The molecule has 31 heavy (non-hydrogen) atoms. The van der Waals surface area contributed by atoms with Gasteiger partial charge in [-0.05, 0) is 48.4 Å². The number of aryl methyl sites for hydroxylation is 2. The Morgan fingerprint density at radius 3 is 2.77 bits per heavy atom. The first-order valence-corrected chi connectivity index (χ1v) is 10.4. The van der Waals surface area contributed by atoms with Gasteiger partial charge in [-0.3, -0.25) is 4.79 Å². The second-order valence-corrected chi connectivity index (χ2v) is 8.12. The van der Waals surface area contributed by atoms with Crippen molar-refractivity contribution < 1.29 is 14.3 Å². The molecule has 0 bridgehead atoms. The van der Waals surface area contributed by atoms with Crippen LogP contribution >= 0.6 is 11.6 Å². The molecule has 2 heterocycles. The number of para-hydroxylation sites is 1. The summed E-state index contributed by atoms with van der Waals surface area (Å²) in [6, 6.07) is 19.3. The Balaban J connectivity index is 1.43. The quantitative estimate of drug-likeness (QED) is 0.355. The van der Waals surface area contributed by atoms with Crippen LogP contribution in [0.1, 0.15) is 27.0 Å². The zero-order valence-corrected chi connectivity index (χ0v) is 17.9. The van der Waals surface area contributed by atoms with Crippen molar-refractivity contribution in [1.82, 2.24) is 4.57 Å². The summed E-state index contributed by atoms with van der Waals surface area (Å²) < 4.78 is 13.9. The molecule has 0 saturated heterocycles. The van der Waals surface area contributed by atoms with Crippen LogP contribution in [0.5, 0.6) is 11.5 Å². The van der Waals surface area contributed by atoms with Crippen LogP contribution < -0.4 is 9.47 Å². The minimum atomic E-state index is -0.109. The number of Topliss-reactive ketones (excluding diaryl/α,β-unsaturated/α-hetero) is 1. The largest absolute Gasteiger partial charge is 0.489 e.